The summed E-state index contributed by atoms with van der Waals surface area (Å²) in [7, 11) is 1.54. The highest BCUT2D eigenvalue weighted by molar-refractivity contribution is 7.10. The van der Waals surface area contributed by atoms with Crippen molar-refractivity contribution in [1.29, 1.82) is 0 Å². The van der Waals surface area contributed by atoms with Crippen LogP contribution in [-0.4, -0.2) is 22.2 Å². The van der Waals surface area contributed by atoms with E-state index in [1.165, 1.54) is 13.4 Å². The van der Waals surface area contributed by atoms with E-state index in [0.29, 0.717) is 11.6 Å². The van der Waals surface area contributed by atoms with E-state index < -0.39 is 6.10 Å². The van der Waals surface area contributed by atoms with Crippen LogP contribution in [0.25, 0.3) is 0 Å². The molecule has 0 aliphatic carbocycles. The average Bonchev–Trinajstić information content (AvgIpc) is 2.74. The third-order valence-corrected chi connectivity index (χ3v) is 3.21. The molecular weight excluding hydrogens is 224 g/mol. The summed E-state index contributed by atoms with van der Waals surface area (Å²) < 4.78 is 4.99. The number of thiophene rings is 1. The SMILES string of the molecule is COc1cc(C(O)c2ccsc2C)ncn1. The predicted octanol–water partition coefficient (Wildman–Crippen LogP) is 1.94. The Morgan fingerprint density at radius 2 is 2.25 bits per heavy atom. The lowest BCUT2D eigenvalue weighted by Crippen LogP contribution is -2.03. The first-order valence-electron chi connectivity index (χ1n) is 4.80. The molecular formula is C11H12N2O2S. The van der Waals surface area contributed by atoms with E-state index in [0.717, 1.165) is 10.4 Å². The van der Waals surface area contributed by atoms with Gasteiger partial charge >= 0.3 is 0 Å². The number of aliphatic hydroxyl groups is 1. The van der Waals surface area contributed by atoms with Gasteiger partial charge < -0.3 is 9.84 Å². The fourth-order valence-electron chi connectivity index (χ4n) is 1.45. The first kappa shape index (κ1) is 11.0. The molecule has 0 amide bonds. The molecule has 0 fully saturated rings. The fraction of sp³-hybridized carbons (Fsp3) is 0.273. The maximum Gasteiger partial charge on any atom is 0.216 e. The molecule has 4 nitrogen and oxygen atoms in total. The Labute approximate surface area is 97.6 Å². The maximum atomic E-state index is 10.1. The van der Waals surface area contributed by atoms with Gasteiger partial charge in [-0.15, -0.1) is 11.3 Å². The predicted molar refractivity (Wildman–Crippen MR) is 61.7 cm³/mol. The molecule has 5 heteroatoms. The third-order valence-electron chi connectivity index (χ3n) is 2.35. The van der Waals surface area contributed by atoms with Gasteiger partial charge in [-0.1, -0.05) is 0 Å². The van der Waals surface area contributed by atoms with E-state index in [2.05, 4.69) is 9.97 Å². The van der Waals surface area contributed by atoms with Crippen molar-refractivity contribution in [2.75, 3.05) is 7.11 Å². The minimum atomic E-state index is -0.719. The van der Waals surface area contributed by atoms with E-state index in [9.17, 15) is 5.11 Å². The lowest BCUT2D eigenvalue weighted by molar-refractivity contribution is 0.214. The number of aliphatic hydroxyl groups excluding tert-OH is 1. The Morgan fingerprint density at radius 3 is 2.88 bits per heavy atom. The quantitative estimate of drug-likeness (QED) is 0.884. The second-order valence-electron chi connectivity index (χ2n) is 3.32. The Balaban J connectivity index is 2.33. The van der Waals surface area contributed by atoms with Crippen LogP contribution in [0.4, 0.5) is 0 Å². The minimum absolute atomic E-state index is 0.455. The van der Waals surface area contributed by atoms with Crippen molar-refractivity contribution >= 4 is 11.3 Å². The van der Waals surface area contributed by atoms with Crippen LogP contribution in [0.1, 0.15) is 22.2 Å². The number of ether oxygens (including phenoxy) is 1. The number of methoxy groups -OCH3 is 1. The Kier molecular flexibility index (Phi) is 3.17. The minimum Gasteiger partial charge on any atom is -0.481 e. The van der Waals surface area contributed by atoms with E-state index >= 15 is 0 Å². The summed E-state index contributed by atoms with van der Waals surface area (Å²) in [5, 5.41) is 12.1. The monoisotopic (exact) mass is 236 g/mol. The number of hydrogen-bond acceptors (Lipinski definition) is 5. The zero-order valence-electron chi connectivity index (χ0n) is 9.04. The molecule has 0 saturated carbocycles. The number of aryl methyl sites for hydroxylation is 1. The van der Waals surface area contributed by atoms with Crippen LogP contribution in [0.2, 0.25) is 0 Å². The van der Waals surface area contributed by atoms with Gasteiger partial charge in [0.05, 0.1) is 12.8 Å². The highest BCUT2D eigenvalue weighted by atomic mass is 32.1. The molecule has 1 N–H and O–H groups in total. The normalized spacial score (nSPS) is 12.4. The highest BCUT2D eigenvalue weighted by Gasteiger charge is 2.15. The maximum absolute atomic E-state index is 10.1. The van der Waals surface area contributed by atoms with E-state index in [-0.39, 0.29) is 0 Å². The molecule has 0 spiro atoms. The van der Waals surface area contributed by atoms with Crippen molar-refractivity contribution < 1.29 is 9.84 Å². The molecule has 2 aromatic heterocycles. The summed E-state index contributed by atoms with van der Waals surface area (Å²) in [5.41, 5.74) is 1.43. The molecule has 0 aromatic carbocycles. The average molecular weight is 236 g/mol. The first-order valence-corrected chi connectivity index (χ1v) is 5.68. The second-order valence-corrected chi connectivity index (χ2v) is 4.44. The van der Waals surface area contributed by atoms with Gasteiger partial charge in [0.25, 0.3) is 0 Å². The topological polar surface area (TPSA) is 55.2 Å². The summed E-state index contributed by atoms with van der Waals surface area (Å²) in [5.74, 6) is 0.455. The van der Waals surface area contributed by atoms with Gasteiger partial charge in [0.2, 0.25) is 5.88 Å². The number of hydrogen-bond donors (Lipinski definition) is 1. The van der Waals surface area contributed by atoms with Crippen molar-refractivity contribution in [3.63, 3.8) is 0 Å². The summed E-state index contributed by atoms with van der Waals surface area (Å²) in [6.45, 7) is 1.97. The van der Waals surface area contributed by atoms with Gasteiger partial charge in [-0.05, 0) is 18.4 Å². The van der Waals surface area contributed by atoms with Gasteiger partial charge in [-0.25, -0.2) is 9.97 Å². The Morgan fingerprint density at radius 1 is 1.44 bits per heavy atom. The smallest absolute Gasteiger partial charge is 0.216 e. The summed E-state index contributed by atoms with van der Waals surface area (Å²) in [6.07, 6.45) is 0.669. The van der Waals surface area contributed by atoms with Crippen LogP contribution in [0.3, 0.4) is 0 Å². The Bertz CT molecular complexity index is 484. The van der Waals surface area contributed by atoms with E-state index in [4.69, 9.17) is 4.74 Å². The van der Waals surface area contributed by atoms with Crippen LogP contribution in [0.15, 0.2) is 23.8 Å². The summed E-state index contributed by atoms with van der Waals surface area (Å²) in [6, 6.07) is 3.54. The van der Waals surface area contributed by atoms with Crippen molar-refractivity contribution in [2.24, 2.45) is 0 Å². The lowest BCUT2D eigenvalue weighted by Gasteiger charge is -2.10. The van der Waals surface area contributed by atoms with Gasteiger partial charge in [0.15, 0.2) is 0 Å². The largest absolute Gasteiger partial charge is 0.481 e. The molecule has 0 aliphatic rings. The summed E-state index contributed by atoms with van der Waals surface area (Å²) >= 11 is 1.60. The molecule has 0 saturated heterocycles. The zero-order valence-corrected chi connectivity index (χ0v) is 9.86. The van der Waals surface area contributed by atoms with E-state index in [1.54, 1.807) is 17.4 Å². The molecule has 2 heterocycles. The molecule has 2 aromatic rings. The van der Waals surface area contributed by atoms with Crippen LogP contribution in [-0.2, 0) is 0 Å². The molecule has 16 heavy (non-hydrogen) atoms. The number of aromatic nitrogens is 2. The Hall–Kier alpha value is -1.46. The van der Waals surface area contributed by atoms with Crippen LogP contribution < -0.4 is 4.74 Å². The van der Waals surface area contributed by atoms with Crippen molar-refractivity contribution in [2.45, 2.75) is 13.0 Å². The van der Waals surface area contributed by atoms with Crippen molar-refractivity contribution in [3.05, 3.63) is 40.0 Å². The van der Waals surface area contributed by atoms with Gasteiger partial charge in [0.1, 0.15) is 12.4 Å². The molecule has 0 radical (unpaired) electrons. The molecule has 84 valence electrons. The number of nitrogens with zero attached hydrogens (tertiary/aromatic N) is 2. The van der Waals surface area contributed by atoms with Crippen molar-refractivity contribution in [1.82, 2.24) is 9.97 Å². The van der Waals surface area contributed by atoms with Crippen LogP contribution in [0, 0.1) is 6.92 Å². The summed E-state index contributed by atoms with van der Waals surface area (Å²) in [4.78, 5) is 9.04. The van der Waals surface area contributed by atoms with Crippen LogP contribution >= 0.6 is 11.3 Å². The lowest BCUT2D eigenvalue weighted by atomic mass is 10.1. The van der Waals surface area contributed by atoms with Crippen molar-refractivity contribution in [3.8, 4) is 5.88 Å². The number of rotatable bonds is 3. The van der Waals surface area contributed by atoms with Crippen LogP contribution in [0.5, 0.6) is 5.88 Å². The second kappa shape index (κ2) is 4.59. The van der Waals surface area contributed by atoms with E-state index in [1.807, 2.05) is 18.4 Å². The molecule has 0 aliphatic heterocycles. The molecule has 2 rings (SSSR count). The third kappa shape index (κ3) is 2.05. The van der Waals surface area contributed by atoms with Gasteiger partial charge in [-0.3, -0.25) is 0 Å². The molecule has 1 unspecified atom stereocenters. The highest BCUT2D eigenvalue weighted by Crippen LogP contribution is 2.27. The molecule has 0 bridgehead atoms. The zero-order chi connectivity index (χ0) is 11.5. The molecule has 1 atom stereocenters. The fourth-order valence-corrected chi connectivity index (χ4v) is 2.19. The first-order chi connectivity index (χ1) is 7.72. The van der Waals surface area contributed by atoms with Gasteiger partial charge in [-0.2, -0.15) is 0 Å². The standard InChI is InChI=1S/C11H12N2O2S/c1-7-8(3-4-16-7)11(14)9-5-10(15-2)13-6-12-9/h3-6,11,14H,1-2H3. The van der Waals surface area contributed by atoms with Gasteiger partial charge in [0, 0.05) is 16.5 Å².